The predicted octanol–water partition coefficient (Wildman–Crippen LogP) is -0.0377. The van der Waals surface area contributed by atoms with E-state index in [9.17, 15) is 13.2 Å². The first-order valence-electron chi connectivity index (χ1n) is 4.92. The third-order valence-electron chi connectivity index (χ3n) is 1.98. The average Bonchev–Trinajstić information content (AvgIpc) is 2.15. The predicted molar refractivity (Wildman–Crippen MR) is 58.4 cm³/mol. The van der Waals surface area contributed by atoms with E-state index in [4.69, 9.17) is 0 Å². The molecule has 0 aliphatic carbocycles. The van der Waals surface area contributed by atoms with E-state index >= 15 is 0 Å². The molecule has 0 aliphatic heterocycles. The second-order valence-corrected chi connectivity index (χ2v) is 5.60. The van der Waals surface area contributed by atoms with Gasteiger partial charge in [-0.05, 0) is 19.9 Å². The SMILES string of the molecule is CCNC(C)CCS(=O)(=O)CC(=O)OC. The van der Waals surface area contributed by atoms with Crippen molar-refractivity contribution in [3.63, 3.8) is 0 Å². The second kappa shape index (κ2) is 6.79. The summed E-state index contributed by atoms with van der Waals surface area (Å²) >= 11 is 0. The van der Waals surface area contributed by atoms with Crippen molar-refractivity contribution in [2.45, 2.75) is 26.3 Å². The normalized spacial score (nSPS) is 13.5. The van der Waals surface area contributed by atoms with Crippen molar-refractivity contribution >= 4 is 15.8 Å². The lowest BCUT2D eigenvalue weighted by atomic mass is 10.3. The summed E-state index contributed by atoms with van der Waals surface area (Å²) in [6.07, 6.45) is 0.507. The zero-order chi connectivity index (χ0) is 11.9. The Hall–Kier alpha value is -0.620. The molecule has 0 aromatic carbocycles. The first kappa shape index (κ1) is 14.4. The van der Waals surface area contributed by atoms with E-state index in [-0.39, 0.29) is 11.8 Å². The van der Waals surface area contributed by atoms with Gasteiger partial charge >= 0.3 is 5.97 Å². The Morgan fingerprint density at radius 2 is 2.07 bits per heavy atom. The van der Waals surface area contributed by atoms with Gasteiger partial charge in [0.05, 0.1) is 12.9 Å². The van der Waals surface area contributed by atoms with Gasteiger partial charge < -0.3 is 10.1 Å². The first-order valence-corrected chi connectivity index (χ1v) is 6.74. The van der Waals surface area contributed by atoms with Crippen molar-refractivity contribution in [1.29, 1.82) is 0 Å². The number of carbonyl (C=O) groups is 1. The van der Waals surface area contributed by atoms with Crippen LogP contribution in [0.3, 0.4) is 0 Å². The van der Waals surface area contributed by atoms with E-state index < -0.39 is 21.6 Å². The molecule has 0 saturated carbocycles. The molecule has 0 heterocycles. The Labute approximate surface area is 91.1 Å². The Bertz CT molecular complexity index is 286. The molecule has 0 amide bonds. The van der Waals surface area contributed by atoms with Crippen molar-refractivity contribution in [3.05, 3.63) is 0 Å². The number of methoxy groups -OCH3 is 1. The summed E-state index contributed by atoms with van der Waals surface area (Å²) < 4.78 is 27.1. The number of nitrogens with one attached hydrogen (secondary N) is 1. The molecule has 0 fully saturated rings. The van der Waals surface area contributed by atoms with Crippen LogP contribution >= 0.6 is 0 Å². The lowest BCUT2D eigenvalue weighted by Crippen LogP contribution is -2.29. The van der Waals surface area contributed by atoms with Gasteiger partial charge in [-0.1, -0.05) is 6.92 Å². The maximum Gasteiger partial charge on any atom is 0.320 e. The fourth-order valence-electron chi connectivity index (χ4n) is 1.12. The highest BCUT2D eigenvalue weighted by molar-refractivity contribution is 7.92. The van der Waals surface area contributed by atoms with Crippen LogP contribution in [-0.4, -0.2) is 45.6 Å². The number of ether oxygens (including phenoxy) is 1. The number of sulfone groups is 1. The molecule has 0 aliphatic rings. The molecule has 0 aromatic heterocycles. The third kappa shape index (κ3) is 7.33. The molecule has 0 spiro atoms. The minimum atomic E-state index is -3.32. The number of hydrogen-bond donors (Lipinski definition) is 1. The number of esters is 1. The van der Waals surface area contributed by atoms with E-state index in [1.165, 1.54) is 7.11 Å². The highest BCUT2D eigenvalue weighted by Gasteiger charge is 2.17. The van der Waals surface area contributed by atoms with Crippen molar-refractivity contribution in [2.75, 3.05) is 25.2 Å². The van der Waals surface area contributed by atoms with Crippen LogP contribution in [0.4, 0.5) is 0 Å². The zero-order valence-electron chi connectivity index (χ0n) is 9.45. The number of carbonyl (C=O) groups excluding carboxylic acids is 1. The van der Waals surface area contributed by atoms with Gasteiger partial charge in [-0.3, -0.25) is 4.79 Å². The van der Waals surface area contributed by atoms with E-state index in [1.807, 2.05) is 13.8 Å². The van der Waals surface area contributed by atoms with Crippen LogP contribution in [0.15, 0.2) is 0 Å². The fourth-order valence-corrected chi connectivity index (χ4v) is 2.45. The summed E-state index contributed by atoms with van der Waals surface area (Å²) in [4.78, 5) is 10.8. The van der Waals surface area contributed by atoms with E-state index in [2.05, 4.69) is 10.1 Å². The first-order chi connectivity index (χ1) is 6.91. The van der Waals surface area contributed by atoms with Crippen molar-refractivity contribution in [2.24, 2.45) is 0 Å². The Kier molecular flexibility index (Phi) is 6.51. The van der Waals surface area contributed by atoms with E-state index in [0.717, 1.165) is 6.54 Å². The lowest BCUT2D eigenvalue weighted by molar-refractivity contribution is -0.137. The number of hydrogen-bond acceptors (Lipinski definition) is 5. The zero-order valence-corrected chi connectivity index (χ0v) is 10.3. The Balaban J connectivity index is 3.99. The molecule has 1 N–H and O–H groups in total. The molecule has 1 atom stereocenters. The maximum atomic E-state index is 11.4. The molecule has 0 bridgehead atoms. The highest BCUT2D eigenvalue weighted by Crippen LogP contribution is 1.99. The minimum absolute atomic E-state index is 0.0102. The Morgan fingerprint density at radius 1 is 1.47 bits per heavy atom. The largest absolute Gasteiger partial charge is 0.468 e. The summed E-state index contributed by atoms with van der Waals surface area (Å²) in [6.45, 7) is 4.68. The van der Waals surface area contributed by atoms with Crippen LogP contribution in [0.2, 0.25) is 0 Å². The average molecular weight is 237 g/mol. The summed E-state index contributed by atoms with van der Waals surface area (Å²) in [5.74, 6) is -1.22. The molecule has 6 heteroatoms. The highest BCUT2D eigenvalue weighted by atomic mass is 32.2. The lowest BCUT2D eigenvalue weighted by Gasteiger charge is -2.11. The standard InChI is InChI=1S/C9H19NO4S/c1-4-10-8(2)5-6-15(12,13)7-9(11)14-3/h8,10H,4-7H2,1-3H3. The molecule has 0 aromatic rings. The van der Waals surface area contributed by atoms with Gasteiger partial charge in [0.1, 0.15) is 5.75 Å². The monoisotopic (exact) mass is 237 g/mol. The van der Waals surface area contributed by atoms with Gasteiger partial charge in [-0.2, -0.15) is 0 Å². The maximum absolute atomic E-state index is 11.4. The van der Waals surface area contributed by atoms with Crippen molar-refractivity contribution in [1.82, 2.24) is 5.32 Å². The Morgan fingerprint density at radius 3 is 2.53 bits per heavy atom. The van der Waals surface area contributed by atoms with E-state index in [0.29, 0.717) is 6.42 Å². The summed E-state index contributed by atoms with van der Waals surface area (Å²) in [5, 5.41) is 3.10. The smallest absolute Gasteiger partial charge is 0.320 e. The fraction of sp³-hybridized carbons (Fsp3) is 0.889. The van der Waals surface area contributed by atoms with Gasteiger partial charge in [0.25, 0.3) is 0 Å². The minimum Gasteiger partial charge on any atom is -0.468 e. The quantitative estimate of drug-likeness (QED) is 0.629. The van der Waals surface area contributed by atoms with Crippen LogP contribution in [0.5, 0.6) is 0 Å². The second-order valence-electron chi connectivity index (χ2n) is 3.42. The van der Waals surface area contributed by atoms with Gasteiger partial charge in [-0.25, -0.2) is 8.42 Å². The van der Waals surface area contributed by atoms with Crippen LogP contribution in [0.25, 0.3) is 0 Å². The van der Waals surface area contributed by atoms with Crippen molar-refractivity contribution < 1.29 is 17.9 Å². The van der Waals surface area contributed by atoms with Crippen LogP contribution in [0.1, 0.15) is 20.3 Å². The van der Waals surface area contributed by atoms with Crippen LogP contribution in [0, 0.1) is 0 Å². The molecule has 0 radical (unpaired) electrons. The van der Waals surface area contributed by atoms with Gasteiger partial charge in [0.2, 0.25) is 0 Å². The van der Waals surface area contributed by atoms with Crippen LogP contribution < -0.4 is 5.32 Å². The summed E-state index contributed by atoms with van der Waals surface area (Å²) in [6, 6.07) is 0.141. The molecule has 90 valence electrons. The van der Waals surface area contributed by atoms with E-state index in [1.54, 1.807) is 0 Å². The topological polar surface area (TPSA) is 72.5 Å². The molecule has 5 nitrogen and oxygen atoms in total. The van der Waals surface area contributed by atoms with Gasteiger partial charge in [0, 0.05) is 6.04 Å². The summed E-state index contributed by atoms with van der Waals surface area (Å²) in [5.41, 5.74) is 0. The molecular formula is C9H19NO4S. The third-order valence-corrected chi connectivity index (χ3v) is 3.51. The molecule has 0 rings (SSSR count). The van der Waals surface area contributed by atoms with Crippen LogP contribution in [-0.2, 0) is 19.4 Å². The number of rotatable bonds is 7. The van der Waals surface area contributed by atoms with Gasteiger partial charge in [0.15, 0.2) is 9.84 Å². The molecule has 0 saturated heterocycles. The van der Waals surface area contributed by atoms with Crippen molar-refractivity contribution in [3.8, 4) is 0 Å². The van der Waals surface area contributed by atoms with Gasteiger partial charge in [-0.15, -0.1) is 0 Å². The molecule has 1 unspecified atom stereocenters. The summed E-state index contributed by atoms with van der Waals surface area (Å²) in [7, 11) is -2.14. The molecular weight excluding hydrogens is 218 g/mol. The molecule has 15 heavy (non-hydrogen) atoms.